The van der Waals surface area contributed by atoms with Crippen molar-refractivity contribution >= 4 is 45.2 Å². The number of fused-ring (bicyclic) bond motifs is 1. The van der Waals surface area contributed by atoms with Crippen LogP contribution in [0.3, 0.4) is 0 Å². The first-order valence-electron chi connectivity index (χ1n) is 11.2. The zero-order valence-corrected chi connectivity index (χ0v) is 19.4. The Morgan fingerprint density at radius 3 is 2.79 bits per heavy atom. The molecule has 2 aromatic carbocycles. The van der Waals surface area contributed by atoms with Gasteiger partial charge in [-0.3, -0.25) is 0 Å². The first kappa shape index (κ1) is 21.5. The van der Waals surface area contributed by atoms with Gasteiger partial charge in [-0.25, -0.2) is 9.37 Å². The van der Waals surface area contributed by atoms with Crippen LogP contribution in [0.25, 0.3) is 22.0 Å². The molecule has 0 unspecified atom stereocenters. The van der Waals surface area contributed by atoms with E-state index in [1.54, 1.807) is 18.3 Å². The summed E-state index contributed by atoms with van der Waals surface area (Å²) in [5.74, 6) is 0.544. The van der Waals surface area contributed by atoms with Crippen LogP contribution in [0.2, 0.25) is 5.02 Å². The number of hydrogen-bond acceptors (Lipinski definition) is 2. The summed E-state index contributed by atoms with van der Waals surface area (Å²) < 4.78 is 14.9. The van der Waals surface area contributed by atoms with Gasteiger partial charge in [-0.15, -0.1) is 0 Å². The average molecular weight is 458 g/mol. The number of allylic oxidation sites excluding steroid dienone is 4. The molecule has 0 bridgehead atoms. The quantitative estimate of drug-likeness (QED) is 0.316. The Kier molecular flexibility index (Phi) is 5.77. The summed E-state index contributed by atoms with van der Waals surface area (Å²) >= 11 is 6.25. The van der Waals surface area contributed by atoms with Gasteiger partial charge in [0.05, 0.1) is 5.69 Å². The smallest absolute Gasteiger partial charge is 0.131 e. The fourth-order valence-electron chi connectivity index (χ4n) is 4.60. The summed E-state index contributed by atoms with van der Waals surface area (Å²) in [7, 11) is 0. The van der Waals surface area contributed by atoms with E-state index < -0.39 is 0 Å². The fourth-order valence-corrected chi connectivity index (χ4v) is 4.78. The Balaban J connectivity index is 1.64. The van der Waals surface area contributed by atoms with E-state index in [2.05, 4.69) is 53.4 Å². The number of halogens is 2. The molecule has 0 spiro atoms. The highest BCUT2D eigenvalue weighted by Crippen LogP contribution is 2.42. The molecule has 5 rings (SSSR count). The Hall–Kier alpha value is -3.37. The van der Waals surface area contributed by atoms with Crippen LogP contribution >= 0.6 is 11.6 Å². The van der Waals surface area contributed by atoms with Crippen LogP contribution in [0.15, 0.2) is 72.4 Å². The topological polar surface area (TPSA) is 40.7 Å². The van der Waals surface area contributed by atoms with E-state index in [9.17, 15) is 4.39 Å². The van der Waals surface area contributed by atoms with Crippen molar-refractivity contribution < 1.29 is 4.39 Å². The molecule has 0 saturated carbocycles. The molecular formula is C28H25ClFN3. The maximum absolute atomic E-state index is 14.9. The van der Waals surface area contributed by atoms with Gasteiger partial charge in [0.25, 0.3) is 0 Å². The van der Waals surface area contributed by atoms with Crippen molar-refractivity contribution in [3.05, 3.63) is 100 Å². The summed E-state index contributed by atoms with van der Waals surface area (Å²) in [6.07, 6.45) is 6.68. The van der Waals surface area contributed by atoms with Crippen molar-refractivity contribution in [2.45, 2.75) is 33.1 Å². The largest absolute Gasteiger partial charge is 0.357 e. The number of nitrogens with zero attached hydrogens (tertiary/aromatic N) is 1. The number of aromatic nitrogens is 2. The lowest BCUT2D eigenvalue weighted by molar-refractivity contribution is 0.624. The van der Waals surface area contributed by atoms with Crippen molar-refractivity contribution in [3.63, 3.8) is 0 Å². The van der Waals surface area contributed by atoms with Crippen LogP contribution in [0.1, 0.15) is 43.5 Å². The Morgan fingerprint density at radius 2 is 2.00 bits per heavy atom. The molecule has 1 aliphatic carbocycles. The second kappa shape index (κ2) is 8.87. The molecule has 2 N–H and O–H groups in total. The Bertz CT molecular complexity index is 1400. The van der Waals surface area contributed by atoms with Crippen LogP contribution < -0.4 is 5.32 Å². The van der Waals surface area contributed by atoms with E-state index in [1.165, 1.54) is 11.6 Å². The zero-order valence-electron chi connectivity index (χ0n) is 18.7. The number of aromatic amines is 1. The normalized spacial score (nSPS) is 14.0. The van der Waals surface area contributed by atoms with Crippen molar-refractivity contribution in [1.82, 2.24) is 9.97 Å². The molecule has 0 radical (unpaired) electrons. The molecule has 3 nitrogen and oxygen atoms in total. The maximum atomic E-state index is 14.9. The van der Waals surface area contributed by atoms with Gasteiger partial charge in [0.1, 0.15) is 11.6 Å². The first-order chi connectivity index (χ1) is 16.0. The van der Waals surface area contributed by atoms with Crippen LogP contribution in [0, 0.1) is 5.82 Å². The second-order valence-corrected chi connectivity index (χ2v) is 8.80. The summed E-state index contributed by atoms with van der Waals surface area (Å²) in [6, 6.07) is 17.0. The molecule has 0 saturated heterocycles. The number of benzene rings is 2. The van der Waals surface area contributed by atoms with Crippen LogP contribution in [0.4, 0.5) is 15.9 Å². The minimum absolute atomic E-state index is 0.255. The van der Waals surface area contributed by atoms with E-state index >= 15 is 0 Å². The lowest BCUT2D eigenvalue weighted by Crippen LogP contribution is -2.02. The summed E-state index contributed by atoms with van der Waals surface area (Å²) in [4.78, 5) is 7.96. The third-order valence-electron chi connectivity index (χ3n) is 6.22. The number of anilines is 2. The van der Waals surface area contributed by atoms with E-state index in [1.807, 2.05) is 18.2 Å². The number of pyridine rings is 1. The number of H-pyrrole nitrogens is 1. The van der Waals surface area contributed by atoms with Crippen LogP contribution in [-0.2, 0) is 6.42 Å². The summed E-state index contributed by atoms with van der Waals surface area (Å²) in [5, 5.41) is 5.12. The standard InChI is InChI=1S/C28H25ClFN3/c1-3-24-28(33-26-9-4-5-14-31-26)22-15-18(10-13-25(22)32-24)20-8-6-7-17(2)27(20)21-16-19(29)11-12-23(21)30/h4-5,8-16,32H,3,6-7H2,1-2H3,(H,31,33). The molecule has 0 fully saturated rings. The Morgan fingerprint density at radius 1 is 1.12 bits per heavy atom. The SMILES string of the molecule is CCc1[nH]c2ccc(C3=CCCC(C)=C3c3cc(Cl)ccc3F)cc2c1Nc1ccccn1. The van der Waals surface area contributed by atoms with Gasteiger partial charge in [0.15, 0.2) is 0 Å². The van der Waals surface area contributed by atoms with E-state index in [0.717, 1.165) is 64.1 Å². The third kappa shape index (κ3) is 4.07. The number of nitrogens with one attached hydrogen (secondary N) is 2. The van der Waals surface area contributed by atoms with Crippen molar-refractivity contribution in [2.75, 3.05) is 5.32 Å². The van der Waals surface area contributed by atoms with Crippen LogP contribution in [0.5, 0.6) is 0 Å². The van der Waals surface area contributed by atoms with Gasteiger partial charge in [0, 0.05) is 33.4 Å². The van der Waals surface area contributed by atoms with E-state index in [0.29, 0.717) is 10.6 Å². The monoisotopic (exact) mass is 457 g/mol. The highest BCUT2D eigenvalue weighted by molar-refractivity contribution is 6.31. The molecular weight excluding hydrogens is 433 g/mol. The minimum Gasteiger partial charge on any atom is -0.357 e. The molecule has 2 heterocycles. The van der Waals surface area contributed by atoms with E-state index in [-0.39, 0.29) is 5.82 Å². The summed E-state index contributed by atoms with van der Waals surface area (Å²) in [6.45, 7) is 4.21. The molecule has 33 heavy (non-hydrogen) atoms. The average Bonchev–Trinajstić information content (AvgIpc) is 3.18. The van der Waals surface area contributed by atoms with Gasteiger partial charge in [-0.05, 0) is 85.4 Å². The van der Waals surface area contributed by atoms with Gasteiger partial charge in [0.2, 0.25) is 0 Å². The molecule has 2 aromatic heterocycles. The van der Waals surface area contributed by atoms with Gasteiger partial charge >= 0.3 is 0 Å². The Labute approximate surface area is 198 Å². The third-order valence-corrected chi connectivity index (χ3v) is 6.46. The molecule has 1 aliphatic rings. The minimum atomic E-state index is -0.255. The van der Waals surface area contributed by atoms with Crippen LogP contribution in [-0.4, -0.2) is 9.97 Å². The second-order valence-electron chi connectivity index (χ2n) is 8.37. The zero-order chi connectivity index (χ0) is 22.9. The number of aryl methyl sites for hydroxylation is 1. The van der Waals surface area contributed by atoms with Crippen molar-refractivity contribution in [3.8, 4) is 0 Å². The summed E-state index contributed by atoms with van der Waals surface area (Å²) in [5.41, 5.74) is 7.98. The molecule has 166 valence electrons. The fraction of sp³-hybridized carbons (Fsp3) is 0.179. The highest BCUT2D eigenvalue weighted by Gasteiger charge is 2.21. The molecule has 5 heteroatoms. The molecule has 0 atom stereocenters. The maximum Gasteiger partial charge on any atom is 0.131 e. The van der Waals surface area contributed by atoms with Crippen molar-refractivity contribution in [2.24, 2.45) is 0 Å². The lowest BCUT2D eigenvalue weighted by atomic mass is 9.83. The van der Waals surface area contributed by atoms with Gasteiger partial charge in [-0.1, -0.05) is 42.3 Å². The predicted molar refractivity (Wildman–Crippen MR) is 136 cm³/mol. The highest BCUT2D eigenvalue weighted by atomic mass is 35.5. The van der Waals surface area contributed by atoms with E-state index in [4.69, 9.17) is 11.6 Å². The first-order valence-corrected chi connectivity index (χ1v) is 11.6. The molecule has 0 amide bonds. The lowest BCUT2D eigenvalue weighted by Gasteiger charge is -2.22. The van der Waals surface area contributed by atoms with Gasteiger partial charge < -0.3 is 10.3 Å². The number of rotatable bonds is 5. The number of hydrogen-bond donors (Lipinski definition) is 2. The molecule has 0 aliphatic heterocycles. The molecule has 4 aromatic rings. The van der Waals surface area contributed by atoms with Crippen molar-refractivity contribution in [1.29, 1.82) is 0 Å². The van der Waals surface area contributed by atoms with Gasteiger partial charge in [-0.2, -0.15) is 0 Å². The predicted octanol–water partition coefficient (Wildman–Crippen LogP) is 8.31.